The van der Waals surface area contributed by atoms with Crippen molar-refractivity contribution in [1.82, 2.24) is 4.90 Å². The van der Waals surface area contributed by atoms with Crippen LogP contribution in [0.25, 0.3) is 0 Å². The molecule has 2 fully saturated rings. The lowest BCUT2D eigenvalue weighted by atomic mass is 10.0. The fraction of sp³-hybridized carbons (Fsp3) is 0.714. The summed E-state index contributed by atoms with van der Waals surface area (Å²) in [5, 5.41) is 0. The molecule has 2 heterocycles. The summed E-state index contributed by atoms with van der Waals surface area (Å²) in [4.78, 5) is 24.4. The molecule has 1 amide bonds. The summed E-state index contributed by atoms with van der Waals surface area (Å²) in [6, 6.07) is -0.639. The average molecular weight is 216 g/mol. The molecule has 2 aliphatic rings. The van der Waals surface area contributed by atoms with Crippen LogP contribution in [-0.4, -0.2) is 44.1 Å². The number of carbonyl (C=O) groups is 2. The second-order valence-electron chi connectivity index (χ2n) is 3.29. The monoisotopic (exact) mass is 216 g/mol. The summed E-state index contributed by atoms with van der Waals surface area (Å²) in [7, 11) is 1.01. The van der Waals surface area contributed by atoms with E-state index in [0.29, 0.717) is 0 Å². The number of fused-ring (bicyclic) bond motifs is 1. The topological polar surface area (TPSA) is 55.8 Å². The van der Waals surface area contributed by atoms with Gasteiger partial charge in [-0.2, -0.15) is 0 Å². The van der Waals surface area contributed by atoms with Crippen LogP contribution in [0.15, 0.2) is 0 Å². The van der Waals surface area contributed by atoms with E-state index in [1.54, 1.807) is 6.92 Å². The number of esters is 1. The van der Waals surface area contributed by atoms with Crippen molar-refractivity contribution in [2.45, 2.75) is 19.1 Å². The minimum absolute atomic E-state index is 0.0157. The molecular weight excluding hydrogens is 205 g/mol. The molecule has 0 bridgehead atoms. The van der Waals surface area contributed by atoms with Crippen LogP contribution in [0, 0.1) is 5.92 Å². The minimum atomic E-state index is -0.639. The molecule has 0 aromatic carbocycles. The lowest BCUT2D eigenvalue weighted by Gasteiger charge is -2.15. The van der Waals surface area contributed by atoms with Gasteiger partial charge in [0.05, 0.1) is 5.92 Å². The second kappa shape index (κ2) is 3.47. The fourth-order valence-electron chi connectivity index (χ4n) is 1.81. The van der Waals surface area contributed by atoms with E-state index in [0.717, 1.165) is 19.0 Å². The maximum Gasteiger partial charge on any atom is 0.333 e. The third-order valence-corrected chi connectivity index (χ3v) is 2.90. The third kappa shape index (κ3) is 1.23. The summed E-state index contributed by atoms with van der Waals surface area (Å²) in [6.07, 6.45) is -0.529. The Morgan fingerprint density at radius 1 is 1.79 bits per heavy atom. The van der Waals surface area contributed by atoms with Gasteiger partial charge in [-0.15, -0.1) is 0 Å². The van der Waals surface area contributed by atoms with Crippen LogP contribution in [0.4, 0.5) is 0 Å². The highest BCUT2D eigenvalue weighted by Gasteiger charge is 2.54. The molecule has 2 rings (SSSR count). The Kier molecular flexibility index (Phi) is 2.13. The number of ether oxygens (including phenoxy) is 1. The highest BCUT2D eigenvalue weighted by Crippen LogP contribution is 2.33. The summed E-state index contributed by atoms with van der Waals surface area (Å²) in [6.45, 7) is 1.73. The Bertz CT molecular complexity index is 305. The summed E-state index contributed by atoms with van der Waals surface area (Å²) in [5.41, 5.74) is 0. The van der Waals surface area contributed by atoms with Crippen molar-refractivity contribution in [2.75, 3.05) is 6.73 Å². The summed E-state index contributed by atoms with van der Waals surface area (Å²) < 4.78 is 16.8. The van der Waals surface area contributed by atoms with Crippen LogP contribution in [0.1, 0.15) is 6.92 Å². The fourth-order valence-corrected chi connectivity index (χ4v) is 2.21. The molecule has 3 atom stereocenters. The zero-order valence-electron chi connectivity index (χ0n) is 8.50. The largest absolute Gasteiger partial charge is 0.443 e. The molecule has 75 valence electrons. The first kappa shape index (κ1) is 8.61. The zero-order chi connectivity index (χ0) is 11.0. The normalized spacial score (nSPS) is 36.8. The van der Waals surface area contributed by atoms with Gasteiger partial charge in [-0.25, -0.2) is 4.79 Å². The Labute approximate surface area is 88.0 Å². The molecule has 1 unspecified atom stereocenters. The van der Waals surface area contributed by atoms with E-state index in [1.807, 2.05) is 0 Å². The number of amides is 1. The van der Waals surface area contributed by atoms with Crippen molar-refractivity contribution in [3.63, 3.8) is 0 Å². The molecule has 5 nitrogen and oxygen atoms in total. The number of hydrogen-bond acceptors (Lipinski definition) is 5. The van der Waals surface area contributed by atoms with Crippen molar-refractivity contribution in [3.8, 4) is 0 Å². The van der Waals surface area contributed by atoms with Gasteiger partial charge in [0.1, 0.15) is 6.10 Å². The maximum absolute atomic E-state index is 11.7. The molecule has 7 heteroatoms. The van der Waals surface area contributed by atoms with Gasteiger partial charge in [0, 0.05) is 0 Å². The van der Waals surface area contributed by atoms with Gasteiger partial charge in [-0.1, -0.05) is 18.8 Å². The van der Waals surface area contributed by atoms with Crippen LogP contribution < -0.4 is 0 Å². The standard InChI is InChI=1S/C7H9BNO4S/c1-3-5(13-14-8)4-7(11)12-2-9(4)6(3)10/h3-5,8H,2H2,1H3/t3?,4-,5-/m0/s1/i8T. The number of rotatable bonds is 3. The van der Waals surface area contributed by atoms with Crippen LogP contribution in [0.5, 0.6) is 0 Å². The number of hydrogen-bond donors (Lipinski definition) is 0. The van der Waals surface area contributed by atoms with Gasteiger partial charge >= 0.3 is 5.97 Å². The van der Waals surface area contributed by atoms with Gasteiger partial charge < -0.3 is 8.92 Å². The summed E-state index contributed by atoms with van der Waals surface area (Å²) in [5.74, 6) is -0.931. The molecule has 0 spiro atoms. The molecule has 0 aliphatic carbocycles. The van der Waals surface area contributed by atoms with E-state index in [1.165, 1.54) is 4.90 Å². The first-order valence-electron chi connectivity index (χ1n) is 4.74. The number of carbonyl (C=O) groups excluding carboxylic acids is 2. The SMILES string of the molecule is [3H][B]SO[C@H]1C(C)C(=O)N2COC(=O)[C@H]12. The lowest BCUT2D eigenvalue weighted by molar-refractivity contribution is -0.141. The summed E-state index contributed by atoms with van der Waals surface area (Å²) >= 11 is 0.817. The lowest BCUT2D eigenvalue weighted by Crippen LogP contribution is -2.36. The van der Waals surface area contributed by atoms with E-state index in [-0.39, 0.29) is 18.6 Å². The number of nitrogens with zero attached hydrogens (tertiary/aromatic N) is 1. The van der Waals surface area contributed by atoms with E-state index in [9.17, 15) is 9.59 Å². The van der Waals surface area contributed by atoms with Crippen LogP contribution in [-0.2, 0) is 18.5 Å². The Morgan fingerprint density at radius 2 is 2.57 bits per heavy atom. The van der Waals surface area contributed by atoms with Crippen molar-refractivity contribution < 1.29 is 18.5 Å². The Morgan fingerprint density at radius 3 is 3.29 bits per heavy atom. The zero-order valence-corrected chi connectivity index (χ0v) is 8.32. The number of cyclic esters (lactones) is 1. The molecule has 0 aromatic heterocycles. The second-order valence-corrected chi connectivity index (χ2v) is 3.68. The first-order valence-corrected chi connectivity index (χ1v) is 4.96. The van der Waals surface area contributed by atoms with E-state index >= 15 is 0 Å². The van der Waals surface area contributed by atoms with Crippen molar-refractivity contribution in [2.24, 2.45) is 5.92 Å². The molecular formula is C7H9BNO4S. The first-order chi connectivity index (χ1) is 7.16. The van der Waals surface area contributed by atoms with Gasteiger partial charge in [0.25, 0.3) is 0 Å². The highest BCUT2D eigenvalue weighted by atomic mass is 32.2. The van der Waals surface area contributed by atoms with Crippen LogP contribution in [0.2, 0.25) is 0 Å². The molecule has 0 N–H and O–H groups in total. The molecule has 0 aromatic rings. The minimum Gasteiger partial charge on any atom is -0.443 e. The molecule has 1 radical (unpaired) electrons. The van der Waals surface area contributed by atoms with Gasteiger partial charge in [-0.05, 0) is 1.34 Å². The molecule has 2 saturated heterocycles. The maximum atomic E-state index is 11.7. The van der Waals surface area contributed by atoms with Crippen LogP contribution >= 0.6 is 11.9 Å². The molecule has 2 aliphatic heterocycles. The van der Waals surface area contributed by atoms with Crippen molar-refractivity contribution in [1.29, 1.82) is 1.34 Å². The van der Waals surface area contributed by atoms with Crippen molar-refractivity contribution in [3.05, 3.63) is 0 Å². The third-order valence-electron chi connectivity index (χ3n) is 2.57. The average Bonchev–Trinajstić information content (AvgIpc) is 2.69. The van der Waals surface area contributed by atoms with E-state index < -0.39 is 18.1 Å². The Hall–Kier alpha value is -0.685. The predicted octanol–water partition coefficient (Wildman–Crippen LogP) is -0.803. The quantitative estimate of drug-likeness (QED) is 0.351. The van der Waals surface area contributed by atoms with Gasteiger partial charge in [-0.3, -0.25) is 9.69 Å². The van der Waals surface area contributed by atoms with Crippen LogP contribution in [0.3, 0.4) is 0 Å². The molecule has 14 heavy (non-hydrogen) atoms. The predicted molar refractivity (Wildman–Crippen MR) is 50.4 cm³/mol. The van der Waals surface area contributed by atoms with E-state index in [2.05, 4.69) is 0 Å². The van der Waals surface area contributed by atoms with Crippen molar-refractivity contribution >= 4 is 30.9 Å². The van der Waals surface area contributed by atoms with Gasteiger partial charge in [0.2, 0.25) is 13.0 Å². The van der Waals surface area contributed by atoms with E-state index in [4.69, 9.17) is 10.3 Å². The Balaban J connectivity index is 2.14. The van der Waals surface area contributed by atoms with Gasteiger partial charge in [0.15, 0.2) is 12.8 Å². The smallest absolute Gasteiger partial charge is 0.333 e. The molecule has 0 saturated carbocycles. The highest BCUT2D eigenvalue weighted by molar-refractivity contribution is 8.15.